The molecule has 0 saturated carbocycles. The second kappa shape index (κ2) is 3.79. The summed E-state index contributed by atoms with van der Waals surface area (Å²) in [6, 6.07) is 11.9. The average molecular weight is 225 g/mol. The number of aromatic nitrogens is 4. The molecule has 84 valence electrons. The standard InChI is InChI=1S/C12H11N5/c13-12-14-7-11(15-12)10-6-9(16-17-10)8-4-2-1-3-5-8/h1-7H,(H,16,17)(H3,13,14,15). The summed E-state index contributed by atoms with van der Waals surface area (Å²) >= 11 is 0. The number of hydrogen-bond acceptors (Lipinski definition) is 3. The third kappa shape index (κ3) is 1.78. The second-order valence-electron chi connectivity index (χ2n) is 3.71. The Hall–Kier alpha value is -2.56. The molecule has 2 heterocycles. The summed E-state index contributed by atoms with van der Waals surface area (Å²) in [6.45, 7) is 0. The molecule has 5 heteroatoms. The predicted octanol–water partition coefficient (Wildman–Crippen LogP) is 2.05. The van der Waals surface area contributed by atoms with Crippen molar-refractivity contribution < 1.29 is 0 Å². The molecule has 3 aromatic rings. The van der Waals surface area contributed by atoms with Crippen LogP contribution in [0.4, 0.5) is 5.95 Å². The van der Waals surface area contributed by atoms with Gasteiger partial charge < -0.3 is 10.7 Å². The van der Waals surface area contributed by atoms with Crippen molar-refractivity contribution >= 4 is 5.95 Å². The summed E-state index contributed by atoms with van der Waals surface area (Å²) in [7, 11) is 0. The van der Waals surface area contributed by atoms with E-state index in [2.05, 4.69) is 20.2 Å². The smallest absolute Gasteiger partial charge is 0.197 e. The van der Waals surface area contributed by atoms with Crippen LogP contribution in [0, 0.1) is 0 Å². The van der Waals surface area contributed by atoms with Crippen molar-refractivity contribution in [3.05, 3.63) is 42.6 Å². The Morgan fingerprint density at radius 1 is 1.06 bits per heavy atom. The highest BCUT2D eigenvalue weighted by atomic mass is 15.1. The Kier molecular flexibility index (Phi) is 2.15. The molecule has 5 nitrogen and oxygen atoms in total. The lowest BCUT2D eigenvalue weighted by atomic mass is 10.1. The second-order valence-corrected chi connectivity index (χ2v) is 3.71. The zero-order valence-corrected chi connectivity index (χ0v) is 9.01. The van der Waals surface area contributed by atoms with E-state index in [4.69, 9.17) is 5.73 Å². The van der Waals surface area contributed by atoms with Crippen molar-refractivity contribution in [1.82, 2.24) is 20.2 Å². The fourth-order valence-electron chi connectivity index (χ4n) is 1.69. The molecule has 0 fully saturated rings. The average Bonchev–Trinajstić information content (AvgIpc) is 2.98. The molecule has 0 radical (unpaired) electrons. The van der Waals surface area contributed by atoms with E-state index in [0.717, 1.165) is 22.6 Å². The number of benzene rings is 1. The van der Waals surface area contributed by atoms with Crippen LogP contribution < -0.4 is 5.73 Å². The Morgan fingerprint density at radius 2 is 1.88 bits per heavy atom. The zero-order chi connectivity index (χ0) is 11.7. The number of aromatic amines is 2. The minimum atomic E-state index is 0.399. The van der Waals surface area contributed by atoms with Crippen LogP contribution in [0.2, 0.25) is 0 Å². The summed E-state index contributed by atoms with van der Waals surface area (Å²) in [6.07, 6.45) is 1.68. The first-order chi connectivity index (χ1) is 8.33. The molecule has 3 rings (SSSR count). The van der Waals surface area contributed by atoms with Gasteiger partial charge in [0.2, 0.25) is 0 Å². The molecule has 0 aliphatic carbocycles. The molecule has 0 spiro atoms. The number of nitrogens with zero attached hydrogens (tertiary/aromatic N) is 2. The summed E-state index contributed by atoms with van der Waals surface area (Å²) in [5.74, 6) is 0.399. The summed E-state index contributed by atoms with van der Waals surface area (Å²) < 4.78 is 0. The van der Waals surface area contributed by atoms with Gasteiger partial charge in [-0.1, -0.05) is 30.3 Å². The molecule has 4 N–H and O–H groups in total. The van der Waals surface area contributed by atoms with Crippen LogP contribution in [0.3, 0.4) is 0 Å². The zero-order valence-electron chi connectivity index (χ0n) is 9.01. The third-order valence-corrected chi connectivity index (χ3v) is 2.53. The lowest BCUT2D eigenvalue weighted by molar-refractivity contribution is 1.09. The van der Waals surface area contributed by atoms with Crippen LogP contribution in [-0.2, 0) is 0 Å². The number of H-pyrrole nitrogens is 2. The van der Waals surface area contributed by atoms with Crippen molar-refractivity contribution in [1.29, 1.82) is 0 Å². The van der Waals surface area contributed by atoms with Gasteiger partial charge in [-0.25, -0.2) is 4.98 Å². The first kappa shape index (κ1) is 9.65. The van der Waals surface area contributed by atoms with E-state index >= 15 is 0 Å². The highest BCUT2D eigenvalue weighted by Crippen LogP contribution is 2.22. The van der Waals surface area contributed by atoms with Crippen molar-refractivity contribution in [2.75, 3.05) is 5.73 Å². The van der Waals surface area contributed by atoms with Crippen molar-refractivity contribution in [3.63, 3.8) is 0 Å². The van der Waals surface area contributed by atoms with E-state index in [9.17, 15) is 0 Å². The van der Waals surface area contributed by atoms with E-state index in [1.54, 1.807) is 6.20 Å². The fraction of sp³-hybridized carbons (Fsp3) is 0. The van der Waals surface area contributed by atoms with Gasteiger partial charge in [0.1, 0.15) is 0 Å². The topological polar surface area (TPSA) is 83.4 Å². The van der Waals surface area contributed by atoms with Crippen LogP contribution >= 0.6 is 0 Å². The summed E-state index contributed by atoms with van der Waals surface area (Å²) in [4.78, 5) is 6.90. The number of anilines is 1. The van der Waals surface area contributed by atoms with Gasteiger partial charge >= 0.3 is 0 Å². The molecule has 0 atom stereocenters. The van der Waals surface area contributed by atoms with E-state index in [-0.39, 0.29) is 0 Å². The summed E-state index contributed by atoms with van der Waals surface area (Å²) in [5.41, 5.74) is 9.20. The van der Waals surface area contributed by atoms with Gasteiger partial charge in [0, 0.05) is 5.56 Å². The fourth-order valence-corrected chi connectivity index (χ4v) is 1.69. The Bertz CT molecular complexity index is 623. The quantitative estimate of drug-likeness (QED) is 0.624. The molecule has 0 saturated heterocycles. The van der Waals surface area contributed by atoms with Crippen LogP contribution in [0.5, 0.6) is 0 Å². The van der Waals surface area contributed by atoms with Crippen LogP contribution in [0.1, 0.15) is 0 Å². The number of nitrogens with two attached hydrogens (primary N) is 1. The van der Waals surface area contributed by atoms with Gasteiger partial charge in [0.15, 0.2) is 5.95 Å². The van der Waals surface area contributed by atoms with E-state index in [1.165, 1.54) is 0 Å². The maximum atomic E-state index is 5.53. The first-order valence-electron chi connectivity index (χ1n) is 5.24. The Balaban J connectivity index is 1.99. The molecular formula is C12H11N5. The molecular weight excluding hydrogens is 214 g/mol. The van der Waals surface area contributed by atoms with Crippen molar-refractivity contribution in [2.45, 2.75) is 0 Å². The van der Waals surface area contributed by atoms with E-state index in [0.29, 0.717) is 5.95 Å². The van der Waals surface area contributed by atoms with Crippen LogP contribution in [0.25, 0.3) is 22.6 Å². The highest BCUT2D eigenvalue weighted by Gasteiger charge is 2.07. The van der Waals surface area contributed by atoms with Crippen LogP contribution in [-0.4, -0.2) is 20.2 Å². The van der Waals surface area contributed by atoms with Crippen molar-refractivity contribution in [3.8, 4) is 22.6 Å². The van der Waals surface area contributed by atoms with Crippen molar-refractivity contribution in [2.24, 2.45) is 0 Å². The number of rotatable bonds is 2. The Morgan fingerprint density at radius 3 is 2.59 bits per heavy atom. The molecule has 0 aliphatic rings. The molecule has 17 heavy (non-hydrogen) atoms. The predicted molar refractivity (Wildman–Crippen MR) is 66.0 cm³/mol. The molecule has 2 aromatic heterocycles. The van der Waals surface area contributed by atoms with Gasteiger partial charge in [-0.2, -0.15) is 5.10 Å². The molecule has 0 unspecified atom stereocenters. The number of hydrogen-bond donors (Lipinski definition) is 3. The minimum absolute atomic E-state index is 0.399. The van der Waals surface area contributed by atoms with Gasteiger partial charge in [-0.15, -0.1) is 0 Å². The maximum Gasteiger partial charge on any atom is 0.197 e. The van der Waals surface area contributed by atoms with Crippen LogP contribution in [0.15, 0.2) is 42.6 Å². The van der Waals surface area contributed by atoms with Gasteiger partial charge in [0.25, 0.3) is 0 Å². The molecule has 0 aliphatic heterocycles. The third-order valence-electron chi connectivity index (χ3n) is 2.53. The normalized spacial score (nSPS) is 10.6. The van der Waals surface area contributed by atoms with Gasteiger partial charge in [0.05, 0.1) is 23.3 Å². The minimum Gasteiger partial charge on any atom is -0.369 e. The SMILES string of the molecule is Nc1ncc(-c2cc(-c3ccccc3)n[nH]2)[nH]1. The number of imidazole rings is 1. The number of nitrogens with one attached hydrogen (secondary N) is 2. The lowest BCUT2D eigenvalue weighted by Crippen LogP contribution is -1.85. The highest BCUT2D eigenvalue weighted by molar-refractivity contribution is 5.66. The molecule has 0 bridgehead atoms. The maximum absolute atomic E-state index is 5.53. The molecule has 1 aromatic carbocycles. The lowest BCUT2D eigenvalue weighted by Gasteiger charge is -1.92. The first-order valence-corrected chi connectivity index (χ1v) is 5.24. The molecule has 0 amide bonds. The largest absolute Gasteiger partial charge is 0.369 e. The van der Waals surface area contributed by atoms with E-state index < -0.39 is 0 Å². The monoisotopic (exact) mass is 225 g/mol. The van der Waals surface area contributed by atoms with E-state index in [1.807, 2.05) is 36.4 Å². The Labute approximate surface area is 97.7 Å². The summed E-state index contributed by atoms with van der Waals surface area (Å²) in [5, 5.41) is 7.22. The van der Waals surface area contributed by atoms with Gasteiger partial charge in [-0.05, 0) is 6.07 Å². The number of nitrogen functional groups attached to an aromatic ring is 1. The van der Waals surface area contributed by atoms with Gasteiger partial charge in [-0.3, -0.25) is 5.10 Å².